The molecule has 7 heteroatoms. The highest BCUT2D eigenvalue weighted by molar-refractivity contribution is 7.16. The van der Waals surface area contributed by atoms with Crippen LogP contribution in [0, 0.1) is 5.82 Å². The summed E-state index contributed by atoms with van der Waals surface area (Å²) in [7, 11) is 0. The smallest absolute Gasteiger partial charge is 0.244 e. The van der Waals surface area contributed by atoms with E-state index in [0.29, 0.717) is 11.3 Å². The molecule has 3 aromatic rings. The van der Waals surface area contributed by atoms with Gasteiger partial charge in [-0.05, 0) is 36.4 Å². The zero-order valence-corrected chi connectivity index (χ0v) is 15.1. The molecule has 0 aliphatic rings. The molecule has 0 atom stereocenters. The quantitative estimate of drug-likeness (QED) is 0.612. The van der Waals surface area contributed by atoms with Crippen LogP contribution < -0.4 is 10.6 Å². The average molecular weight is 384 g/mol. The molecular weight excluding hydrogens is 367 g/mol. The summed E-state index contributed by atoms with van der Waals surface area (Å²) in [6, 6.07) is 13.6. The predicted octanol–water partition coefficient (Wildman–Crippen LogP) is 3.59. The molecule has 0 saturated carbocycles. The fourth-order valence-electron chi connectivity index (χ4n) is 2.29. The number of hydrogen-bond acceptors (Lipinski definition) is 4. The molecule has 0 radical (unpaired) electrons. The van der Waals surface area contributed by atoms with Crippen molar-refractivity contribution in [2.45, 2.75) is 6.54 Å². The van der Waals surface area contributed by atoms with Crippen molar-refractivity contribution in [2.75, 3.05) is 6.54 Å². The van der Waals surface area contributed by atoms with E-state index in [4.69, 9.17) is 4.42 Å². The summed E-state index contributed by atoms with van der Waals surface area (Å²) in [5.74, 6) is -0.346. The molecule has 0 saturated heterocycles. The van der Waals surface area contributed by atoms with Gasteiger partial charge in [0.2, 0.25) is 11.8 Å². The van der Waals surface area contributed by atoms with E-state index in [9.17, 15) is 14.0 Å². The number of carbonyl (C=O) groups excluding carboxylic acids is 2. The van der Waals surface area contributed by atoms with Crippen LogP contribution in [0.1, 0.15) is 10.6 Å². The monoisotopic (exact) mass is 384 g/mol. The van der Waals surface area contributed by atoms with Gasteiger partial charge in [0.05, 0.1) is 19.4 Å². The maximum atomic E-state index is 13.8. The van der Waals surface area contributed by atoms with Crippen molar-refractivity contribution in [3.63, 3.8) is 0 Å². The molecule has 1 aromatic carbocycles. The summed E-state index contributed by atoms with van der Waals surface area (Å²) in [5, 5.41) is 5.14. The first-order valence-corrected chi connectivity index (χ1v) is 9.03. The van der Waals surface area contributed by atoms with Gasteiger partial charge in [-0.15, -0.1) is 11.3 Å². The van der Waals surface area contributed by atoms with Crippen LogP contribution in [0.2, 0.25) is 0 Å². The van der Waals surface area contributed by atoms with Gasteiger partial charge < -0.3 is 15.1 Å². The summed E-state index contributed by atoms with van der Waals surface area (Å²) in [6.45, 7) is 0.139. The Balaban J connectivity index is 1.47. The van der Waals surface area contributed by atoms with Crippen LogP contribution in [0.3, 0.4) is 0 Å². The Hall–Kier alpha value is -3.19. The lowest BCUT2D eigenvalue weighted by Crippen LogP contribution is -2.35. The van der Waals surface area contributed by atoms with Gasteiger partial charge in [0, 0.05) is 21.4 Å². The van der Waals surface area contributed by atoms with Crippen LogP contribution in [-0.4, -0.2) is 18.4 Å². The Morgan fingerprint density at radius 3 is 2.70 bits per heavy atom. The topological polar surface area (TPSA) is 71.3 Å². The number of amides is 2. The molecule has 2 heterocycles. The molecular formula is C20H17FN2O3S. The second kappa shape index (κ2) is 8.95. The molecule has 0 bridgehead atoms. The van der Waals surface area contributed by atoms with Crippen molar-refractivity contribution >= 4 is 29.2 Å². The highest BCUT2D eigenvalue weighted by atomic mass is 32.1. The van der Waals surface area contributed by atoms with E-state index < -0.39 is 0 Å². The molecule has 0 fully saturated rings. The molecule has 5 nitrogen and oxygen atoms in total. The van der Waals surface area contributed by atoms with Crippen molar-refractivity contribution < 1.29 is 18.4 Å². The predicted molar refractivity (Wildman–Crippen MR) is 102 cm³/mol. The van der Waals surface area contributed by atoms with Crippen LogP contribution in [0.5, 0.6) is 0 Å². The third-order valence-corrected chi connectivity index (χ3v) is 4.71. The van der Waals surface area contributed by atoms with Crippen LogP contribution in [0.15, 0.2) is 65.3 Å². The van der Waals surface area contributed by atoms with Gasteiger partial charge in [-0.2, -0.15) is 0 Å². The number of furan rings is 1. The van der Waals surface area contributed by atoms with Crippen molar-refractivity contribution in [2.24, 2.45) is 0 Å². The molecule has 0 aliphatic carbocycles. The zero-order chi connectivity index (χ0) is 19.1. The van der Waals surface area contributed by atoms with Crippen LogP contribution >= 0.6 is 11.3 Å². The van der Waals surface area contributed by atoms with E-state index in [2.05, 4.69) is 10.6 Å². The van der Waals surface area contributed by atoms with Gasteiger partial charge >= 0.3 is 0 Å². The van der Waals surface area contributed by atoms with Crippen LogP contribution in [-0.2, 0) is 16.1 Å². The molecule has 0 aliphatic heterocycles. The Kier molecular flexibility index (Phi) is 6.17. The maximum Gasteiger partial charge on any atom is 0.244 e. The first-order chi connectivity index (χ1) is 13.1. The fraction of sp³-hybridized carbons (Fsp3) is 0.100. The van der Waals surface area contributed by atoms with Crippen molar-refractivity contribution in [1.29, 1.82) is 0 Å². The van der Waals surface area contributed by atoms with Gasteiger partial charge in [-0.3, -0.25) is 9.59 Å². The van der Waals surface area contributed by atoms with Crippen LogP contribution in [0.25, 0.3) is 16.5 Å². The Morgan fingerprint density at radius 2 is 1.93 bits per heavy atom. The normalized spacial score (nSPS) is 10.9. The van der Waals surface area contributed by atoms with E-state index in [0.717, 1.165) is 9.75 Å². The van der Waals surface area contributed by atoms with E-state index in [1.165, 1.54) is 29.7 Å². The fourth-order valence-corrected chi connectivity index (χ4v) is 3.23. The van der Waals surface area contributed by atoms with E-state index in [-0.39, 0.29) is 30.7 Å². The first-order valence-electron chi connectivity index (χ1n) is 8.21. The van der Waals surface area contributed by atoms with Gasteiger partial charge in [-0.1, -0.05) is 18.2 Å². The second-order valence-electron chi connectivity index (χ2n) is 5.59. The lowest BCUT2D eigenvalue weighted by Gasteiger charge is -2.03. The summed E-state index contributed by atoms with van der Waals surface area (Å²) in [4.78, 5) is 25.1. The third kappa shape index (κ3) is 5.39. The van der Waals surface area contributed by atoms with Crippen molar-refractivity contribution in [3.05, 3.63) is 77.3 Å². The number of benzene rings is 1. The lowest BCUT2D eigenvalue weighted by molar-refractivity contribution is -0.124. The number of thiophene rings is 1. The highest BCUT2D eigenvalue weighted by Gasteiger charge is 2.07. The lowest BCUT2D eigenvalue weighted by atomic mass is 10.2. The van der Waals surface area contributed by atoms with Gasteiger partial charge in [-0.25, -0.2) is 4.39 Å². The van der Waals surface area contributed by atoms with Gasteiger partial charge in [0.15, 0.2) is 0 Å². The number of nitrogens with one attached hydrogen (secondary N) is 2. The minimum Gasteiger partial charge on any atom is -0.467 e. The average Bonchev–Trinajstić information content (AvgIpc) is 3.35. The zero-order valence-electron chi connectivity index (χ0n) is 14.3. The van der Waals surface area contributed by atoms with Crippen LogP contribution in [0.4, 0.5) is 4.39 Å². The van der Waals surface area contributed by atoms with Gasteiger partial charge in [0.25, 0.3) is 0 Å². The van der Waals surface area contributed by atoms with E-state index in [1.54, 1.807) is 36.4 Å². The molecule has 3 rings (SSSR count). The molecule has 2 N–H and O–H groups in total. The SMILES string of the molecule is O=C(/C=C/c1ccc(-c2ccccc2F)s1)NCC(=O)NCc1ccco1. The summed E-state index contributed by atoms with van der Waals surface area (Å²) in [6.07, 6.45) is 4.50. The number of halogens is 1. The summed E-state index contributed by atoms with van der Waals surface area (Å²) >= 11 is 1.38. The molecule has 138 valence electrons. The molecule has 0 unspecified atom stereocenters. The largest absolute Gasteiger partial charge is 0.467 e. The minimum absolute atomic E-state index is 0.130. The van der Waals surface area contributed by atoms with Crippen molar-refractivity contribution in [3.8, 4) is 10.4 Å². The minimum atomic E-state index is -0.385. The van der Waals surface area contributed by atoms with Crippen molar-refractivity contribution in [1.82, 2.24) is 10.6 Å². The highest BCUT2D eigenvalue weighted by Crippen LogP contribution is 2.30. The molecule has 2 aromatic heterocycles. The Bertz CT molecular complexity index is 948. The number of rotatable bonds is 7. The maximum absolute atomic E-state index is 13.8. The van der Waals surface area contributed by atoms with E-state index >= 15 is 0 Å². The number of hydrogen-bond donors (Lipinski definition) is 2. The second-order valence-corrected chi connectivity index (χ2v) is 6.70. The molecule has 2 amide bonds. The standard InChI is InChI=1S/C20H17FN2O3S/c21-17-6-2-1-5-16(17)18-9-7-15(27-18)8-10-19(24)23-13-20(25)22-12-14-4-3-11-26-14/h1-11H,12-13H2,(H,22,25)(H,23,24)/b10-8+. The molecule has 0 spiro atoms. The summed E-state index contributed by atoms with van der Waals surface area (Å²) in [5.41, 5.74) is 0.528. The summed E-state index contributed by atoms with van der Waals surface area (Å²) < 4.78 is 18.9. The molecule has 27 heavy (non-hydrogen) atoms. The third-order valence-electron chi connectivity index (χ3n) is 3.63. The number of carbonyl (C=O) groups is 2. The Morgan fingerprint density at radius 1 is 1.07 bits per heavy atom. The first kappa shape index (κ1) is 18.6. The Labute approximate surface area is 159 Å². The van der Waals surface area contributed by atoms with Gasteiger partial charge in [0.1, 0.15) is 11.6 Å². The van der Waals surface area contributed by atoms with E-state index in [1.807, 2.05) is 12.1 Å².